The first-order valence-electron chi connectivity index (χ1n) is 7.89. The van der Waals surface area contributed by atoms with Crippen molar-refractivity contribution in [2.24, 2.45) is 0 Å². The van der Waals surface area contributed by atoms with E-state index in [1.54, 1.807) is 11.3 Å². The number of hydrogen-bond donors (Lipinski definition) is 1. The lowest BCUT2D eigenvalue weighted by atomic mass is 9.98. The molecular weight excluding hydrogens is 284 g/mol. The molecule has 1 spiro atoms. The zero-order valence-corrected chi connectivity index (χ0v) is 13.7. The molecule has 1 aliphatic heterocycles. The summed E-state index contributed by atoms with van der Waals surface area (Å²) in [6.45, 7) is 6.08. The van der Waals surface area contributed by atoms with Gasteiger partial charge in [-0.2, -0.15) is 0 Å². The molecule has 2 fully saturated rings. The molecule has 0 aromatic carbocycles. The Morgan fingerprint density at radius 1 is 1.43 bits per heavy atom. The lowest BCUT2D eigenvalue weighted by molar-refractivity contribution is -0.133. The van der Waals surface area contributed by atoms with Crippen LogP contribution in [0.3, 0.4) is 0 Å². The van der Waals surface area contributed by atoms with Gasteiger partial charge in [-0.05, 0) is 38.8 Å². The van der Waals surface area contributed by atoms with Gasteiger partial charge in [-0.25, -0.2) is 0 Å². The molecule has 1 saturated carbocycles. The maximum absolute atomic E-state index is 12.9. The Balaban J connectivity index is 1.82. The third-order valence-corrected chi connectivity index (χ3v) is 5.62. The lowest BCUT2D eigenvalue weighted by Crippen LogP contribution is -2.44. The van der Waals surface area contributed by atoms with Gasteiger partial charge in [0, 0.05) is 22.9 Å². The van der Waals surface area contributed by atoms with Crippen molar-refractivity contribution in [1.29, 1.82) is 0 Å². The summed E-state index contributed by atoms with van der Waals surface area (Å²) in [5.41, 5.74) is -0.311. The van der Waals surface area contributed by atoms with Crippen molar-refractivity contribution >= 4 is 17.2 Å². The number of carbonyl (C=O) groups excluding carboxylic acids is 1. The van der Waals surface area contributed by atoms with Crippen molar-refractivity contribution in [3.63, 3.8) is 0 Å². The zero-order chi connectivity index (χ0) is 14.9. The van der Waals surface area contributed by atoms with Gasteiger partial charge >= 0.3 is 0 Å². The first kappa shape index (κ1) is 15.0. The van der Waals surface area contributed by atoms with Gasteiger partial charge in [-0.3, -0.25) is 10.1 Å². The monoisotopic (exact) mass is 308 g/mol. The zero-order valence-electron chi connectivity index (χ0n) is 12.9. The van der Waals surface area contributed by atoms with Gasteiger partial charge in [0.15, 0.2) is 0 Å². The number of carbonyl (C=O) groups is 1. The summed E-state index contributed by atoms with van der Waals surface area (Å²) in [6, 6.07) is 4.28. The number of amides is 1. The van der Waals surface area contributed by atoms with Gasteiger partial charge in [0.2, 0.25) is 5.91 Å². The van der Waals surface area contributed by atoms with Crippen molar-refractivity contribution in [2.45, 2.75) is 51.2 Å². The van der Waals surface area contributed by atoms with Gasteiger partial charge < -0.3 is 9.64 Å². The van der Waals surface area contributed by atoms with Crippen molar-refractivity contribution < 1.29 is 9.53 Å². The number of nitrogens with zero attached hydrogens (tertiary/aromatic N) is 1. The van der Waals surface area contributed by atoms with Crippen LogP contribution in [0, 0.1) is 6.92 Å². The van der Waals surface area contributed by atoms with Gasteiger partial charge in [0.25, 0.3) is 0 Å². The molecule has 1 saturated heterocycles. The summed E-state index contributed by atoms with van der Waals surface area (Å²) < 4.78 is 5.47. The smallest absolute Gasteiger partial charge is 0.244 e. The van der Waals surface area contributed by atoms with Crippen LogP contribution >= 0.6 is 11.3 Å². The van der Waals surface area contributed by atoms with E-state index in [1.807, 2.05) is 11.8 Å². The van der Waals surface area contributed by atoms with Crippen LogP contribution in [0.2, 0.25) is 0 Å². The van der Waals surface area contributed by atoms with Crippen LogP contribution in [0.4, 0.5) is 0 Å². The van der Waals surface area contributed by atoms with Gasteiger partial charge in [0.05, 0.1) is 12.1 Å². The number of rotatable bonds is 5. The molecule has 1 atom stereocenters. The minimum Gasteiger partial charge on any atom is -0.380 e. The fourth-order valence-corrected chi connectivity index (χ4v) is 4.43. The molecule has 1 aromatic rings. The highest BCUT2D eigenvalue weighted by Gasteiger charge is 2.52. The molecule has 21 heavy (non-hydrogen) atoms. The van der Waals surface area contributed by atoms with E-state index in [-0.39, 0.29) is 17.6 Å². The Kier molecular flexibility index (Phi) is 4.33. The summed E-state index contributed by atoms with van der Waals surface area (Å²) >= 11 is 1.77. The molecule has 116 valence electrons. The molecule has 2 aliphatic rings. The van der Waals surface area contributed by atoms with Crippen molar-refractivity contribution in [3.8, 4) is 0 Å². The Bertz CT molecular complexity index is 508. The number of ether oxygens (including phenoxy) is 1. The van der Waals surface area contributed by atoms with Gasteiger partial charge in [-0.1, -0.05) is 12.8 Å². The van der Waals surface area contributed by atoms with Crippen LogP contribution in [-0.4, -0.2) is 36.1 Å². The molecule has 1 amide bonds. The second-order valence-electron chi connectivity index (χ2n) is 5.98. The second kappa shape index (κ2) is 6.07. The van der Waals surface area contributed by atoms with E-state index in [1.165, 1.54) is 9.75 Å². The average molecular weight is 308 g/mol. The molecule has 4 nitrogen and oxygen atoms in total. The quantitative estimate of drug-likeness (QED) is 0.851. The minimum atomic E-state index is -0.311. The SMILES string of the molecule is CCOCCN1C(=O)C2(CCCC2)NC1c1ccc(C)s1. The lowest BCUT2D eigenvalue weighted by Gasteiger charge is -2.23. The fraction of sp³-hybridized carbons (Fsp3) is 0.688. The van der Waals surface area contributed by atoms with Crippen molar-refractivity contribution in [2.75, 3.05) is 19.8 Å². The molecular formula is C16H24N2O2S. The average Bonchev–Trinajstić information content (AvgIpc) is 3.16. The molecule has 0 bridgehead atoms. The highest BCUT2D eigenvalue weighted by atomic mass is 32.1. The van der Waals surface area contributed by atoms with Crippen LogP contribution in [0.15, 0.2) is 12.1 Å². The summed E-state index contributed by atoms with van der Waals surface area (Å²) in [7, 11) is 0. The van der Waals surface area contributed by atoms with Gasteiger partial charge in [0.1, 0.15) is 6.17 Å². The summed E-state index contributed by atoms with van der Waals surface area (Å²) in [6.07, 6.45) is 4.26. The van der Waals surface area contributed by atoms with Crippen LogP contribution in [0.5, 0.6) is 0 Å². The van der Waals surface area contributed by atoms with Crippen LogP contribution < -0.4 is 5.32 Å². The molecule has 5 heteroatoms. The molecule has 2 heterocycles. The minimum absolute atomic E-state index is 0.0229. The Morgan fingerprint density at radius 2 is 2.19 bits per heavy atom. The first-order valence-corrected chi connectivity index (χ1v) is 8.71. The van der Waals surface area contributed by atoms with Gasteiger partial charge in [-0.15, -0.1) is 11.3 Å². The number of nitrogens with one attached hydrogen (secondary N) is 1. The number of thiophene rings is 1. The predicted octanol–water partition coefficient (Wildman–Crippen LogP) is 2.84. The Hall–Kier alpha value is -0.910. The van der Waals surface area contributed by atoms with Crippen LogP contribution in [0.1, 0.15) is 48.5 Å². The third kappa shape index (κ3) is 2.74. The van der Waals surface area contributed by atoms with E-state index in [4.69, 9.17) is 4.74 Å². The molecule has 1 aromatic heterocycles. The second-order valence-corrected chi connectivity index (χ2v) is 7.30. The highest BCUT2D eigenvalue weighted by Crippen LogP contribution is 2.41. The summed E-state index contributed by atoms with van der Waals surface area (Å²) in [5.74, 6) is 0.274. The van der Waals surface area contributed by atoms with E-state index in [0.29, 0.717) is 19.8 Å². The van der Waals surface area contributed by atoms with Crippen LogP contribution in [0.25, 0.3) is 0 Å². The number of aryl methyl sites for hydroxylation is 1. The van der Waals surface area contributed by atoms with Crippen LogP contribution in [-0.2, 0) is 9.53 Å². The van der Waals surface area contributed by atoms with E-state index in [9.17, 15) is 4.79 Å². The maximum atomic E-state index is 12.9. The molecule has 0 radical (unpaired) electrons. The van der Waals surface area contributed by atoms with E-state index in [0.717, 1.165) is 25.7 Å². The van der Waals surface area contributed by atoms with E-state index >= 15 is 0 Å². The largest absolute Gasteiger partial charge is 0.380 e. The van der Waals surface area contributed by atoms with E-state index < -0.39 is 0 Å². The Labute approximate surface area is 130 Å². The molecule has 1 aliphatic carbocycles. The van der Waals surface area contributed by atoms with Crippen molar-refractivity contribution in [3.05, 3.63) is 21.9 Å². The topological polar surface area (TPSA) is 41.6 Å². The number of hydrogen-bond acceptors (Lipinski definition) is 4. The molecule has 3 rings (SSSR count). The Morgan fingerprint density at radius 3 is 2.81 bits per heavy atom. The summed E-state index contributed by atoms with van der Waals surface area (Å²) in [4.78, 5) is 17.4. The van der Waals surface area contributed by atoms with Crippen molar-refractivity contribution in [1.82, 2.24) is 10.2 Å². The van der Waals surface area contributed by atoms with E-state index in [2.05, 4.69) is 24.4 Å². The standard InChI is InChI=1S/C16H24N2O2S/c1-3-20-11-10-18-14(13-7-6-12(2)21-13)17-16(15(18)19)8-4-5-9-16/h6-7,14,17H,3-5,8-11H2,1-2H3. The first-order chi connectivity index (χ1) is 10.2. The normalized spacial score (nSPS) is 24.4. The third-order valence-electron chi connectivity index (χ3n) is 4.56. The highest BCUT2D eigenvalue weighted by molar-refractivity contribution is 7.12. The fourth-order valence-electron chi connectivity index (χ4n) is 3.49. The predicted molar refractivity (Wildman–Crippen MR) is 84.3 cm³/mol. The molecule has 1 N–H and O–H groups in total. The summed E-state index contributed by atoms with van der Waals surface area (Å²) in [5, 5.41) is 3.65. The molecule has 1 unspecified atom stereocenters. The maximum Gasteiger partial charge on any atom is 0.244 e.